The van der Waals surface area contributed by atoms with Gasteiger partial charge in [0.05, 0.1) is 17.2 Å². The highest BCUT2D eigenvalue weighted by Gasteiger charge is 2.10. The van der Waals surface area contributed by atoms with Crippen molar-refractivity contribution in [3.05, 3.63) is 71.0 Å². The molecule has 1 aromatic carbocycles. The Morgan fingerprint density at radius 3 is 2.58 bits per heavy atom. The third kappa shape index (κ3) is 3.27. The zero-order valence-electron chi connectivity index (χ0n) is 12.5. The first kappa shape index (κ1) is 15.3. The van der Waals surface area contributed by atoms with Crippen LogP contribution in [-0.4, -0.2) is 26.3 Å². The average Bonchev–Trinajstić information content (AvgIpc) is 2.63. The number of nitrogens with zero attached hydrogens (tertiary/aromatic N) is 3. The Balaban J connectivity index is 1.66. The van der Waals surface area contributed by atoms with E-state index in [-0.39, 0.29) is 17.8 Å². The van der Waals surface area contributed by atoms with Gasteiger partial charge in [0.2, 0.25) is 0 Å². The molecular weight excluding hydrogens is 310 g/mol. The fourth-order valence-electron chi connectivity index (χ4n) is 2.10. The summed E-state index contributed by atoms with van der Waals surface area (Å²) in [6.45, 7) is -0.265. The van der Waals surface area contributed by atoms with Gasteiger partial charge < -0.3 is 0 Å². The molecule has 0 atom stereocenters. The molecule has 0 bridgehead atoms. The number of rotatable bonds is 3. The Morgan fingerprint density at radius 1 is 1.00 bits per heavy atom. The molecule has 0 aliphatic carbocycles. The van der Waals surface area contributed by atoms with E-state index in [4.69, 9.17) is 0 Å². The van der Waals surface area contributed by atoms with Gasteiger partial charge in [-0.15, -0.1) is 0 Å². The molecule has 2 aromatic heterocycles. The van der Waals surface area contributed by atoms with Gasteiger partial charge in [0.1, 0.15) is 12.2 Å². The number of hydrogen-bond acceptors (Lipinski definition) is 5. The molecule has 0 saturated heterocycles. The molecule has 0 saturated carbocycles. The Bertz CT molecular complexity index is 953. The molecule has 8 heteroatoms. The maximum absolute atomic E-state index is 12.3. The van der Waals surface area contributed by atoms with Crippen LogP contribution < -0.4 is 16.4 Å². The van der Waals surface area contributed by atoms with Gasteiger partial charge in [-0.1, -0.05) is 18.2 Å². The molecule has 2 heterocycles. The summed E-state index contributed by atoms with van der Waals surface area (Å²) in [5.74, 6) is -1.11. The topological polar surface area (TPSA) is 106 Å². The molecule has 0 spiro atoms. The highest BCUT2D eigenvalue weighted by atomic mass is 16.2. The van der Waals surface area contributed by atoms with Crippen LogP contribution in [0.1, 0.15) is 10.5 Å². The molecule has 2 N–H and O–H groups in total. The van der Waals surface area contributed by atoms with E-state index in [1.807, 2.05) is 0 Å². The van der Waals surface area contributed by atoms with Crippen LogP contribution in [0.3, 0.4) is 0 Å². The summed E-state index contributed by atoms with van der Waals surface area (Å²) in [7, 11) is 0. The minimum absolute atomic E-state index is 0.169. The third-order valence-electron chi connectivity index (χ3n) is 3.26. The Labute approximate surface area is 136 Å². The van der Waals surface area contributed by atoms with Crippen molar-refractivity contribution in [3.8, 4) is 0 Å². The van der Waals surface area contributed by atoms with E-state index in [2.05, 4.69) is 20.8 Å². The summed E-state index contributed by atoms with van der Waals surface area (Å²) < 4.78 is 1.17. The second kappa shape index (κ2) is 6.69. The van der Waals surface area contributed by atoms with E-state index in [0.717, 1.165) is 0 Å². The predicted molar refractivity (Wildman–Crippen MR) is 85.8 cm³/mol. The van der Waals surface area contributed by atoms with E-state index in [1.54, 1.807) is 36.4 Å². The maximum atomic E-state index is 12.3. The van der Waals surface area contributed by atoms with Crippen molar-refractivity contribution in [3.63, 3.8) is 0 Å². The van der Waals surface area contributed by atoms with E-state index in [0.29, 0.717) is 10.9 Å². The number of carbonyl (C=O) groups excluding carboxylic acids is 2. The quantitative estimate of drug-likeness (QED) is 0.672. The second-order valence-electron chi connectivity index (χ2n) is 4.91. The first-order valence-electron chi connectivity index (χ1n) is 7.09. The van der Waals surface area contributed by atoms with Crippen LogP contribution in [0.4, 0.5) is 0 Å². The molecule has 0 radical (unpaired) electrons. The van der Waals surface area contributed by atoms with Gasteiger partial charge in [-0.3, -0.25) is 34.8 Å². The molecule has 0 aliphatic heterocycles. The summed E-state index contributed by atoms with van der Waals surface area (Å²) in [6, 6.07) is 11.7. The SMILES string of the molecule is O=C(Cn1cnc2ccccc2c1=O)NNC(=O)c1ccccn1. The van der Waals surface area contributed by atoms with Crippen LogP contribution in [-0.2, 0) is 11.3 Å². The van der Waals surface area contributed by atoms with E-state index in [9.17, 15) is 14.4 Å². The summed E-state index contributed by atoms with van der Waals surface area (Å²) >= 11 is 0. The Kier molecular flexibility index (Phi) is 4.28. The van der Waals surface area contributed by atoms with Crippen molar-refractivity contribution in [1.29, 1.82) is 0 Å². The van der Waals surface area contributed by atoms with Crippen molar-refractivity contribution in [1.82, 2.24) is 25.4 Å². The van der Waals surface area contributed by atoms with Crippen LogP contribution in [0.5, 0.6) is 0 Å². The first-order chi connectivity index (χ1) is 11.6. The number of nitrogens with one attached hydrogen (secondary N) is 2. The average molecular weight is 323 g/mol. The summed E-state index contributed by atoms with van der Waals surface area (Å²) in [5, 5.41) is 0.422. The molecule has 0 aliphatic rings. The van der Waals surface area contributed by atoms with Gasteiger partial charge >= 0.3 is 0 Å². The molecule has 3 aromatic rings. The van der Waals surface area contributed by atoms with Gasteiger partial charge in [0.25, 0.3) is 17.4 Å². The molecule has 0 unspecified atom stereocenters. The van der Waals surface area contributed by atoms with Crippen molar-refractivity contribution in [2.45, 2.75) is 6.54 Å². The smallest absolute Gasteiger partial charge is 0.288 e. The molecule has 120 valence electrons. The normalized spacial score (nSPS) is 10.3. The molecule has 2 amide bonds. The number of benzene rings is 1. The lowest BCUT2D eigenvalue weighted by atomic mass is 10.2. The lowest BCUT2D eigenvalue weighted by Crippen LogP contribution is -2.44. The van der Waals surface area contributed by atoms with E-state index < -0.39 is 11.8 Å². The predicted octanol–water partition coefficient (Wildman–Crippen LogP) is 0.253. The van der Waals surface area contributed by atoms with Crippen LogP contribution in [0.2, 0.25) is 0 Å². The van der Waals surface area contributed by atoms with Gasteiger partial charge in [-0.2, -0.15) is 0 Å². The minimum Gasteiger partial charge on any atom is -0.289 e. The Morgan fingerprint density at radius 2 is 1.79 bits per heavy atom. The number of fused-ring (bicyclic) bond motifs is 1. The van der Waals surface area contributed by atoms with E-state index >= 15 is 0 Å². The zero-order valence-corrected chi connectivity index (χ0v) is 12.5. The number of para-hydroxylation sites is 1. The highest BCUT2D eigenvalue weighted by Crippen LogP contribution is 2.04. The van der Waals surface area contributed by atoms with E-state index in [1.165, 1.54) is 23.2 Å². The molecular formula is C16H13N5O3. The number of hydrogen-bond donors (Lipinski definition) is 2. The largest absolute Gasteiger partial charge is 0.289 e. The summed E-state index contributed by atoms with van der Waals surface area (Å²) in [5.41, 5.74) is 4.88. The zero-order chi connectivity index (χ0) is 16.9. The number of aromatic nitrogens is 3. The second-order valence-corrected chi connectivity index (χ2v) is 4.91. The molecule has 24 heavy (non-hydrogen) atoms. The molecule has 3 rings (SSSR count). The lowest BCUT2D eigenvalue weighted by molar-refractivity contribution is -0.122. The van der Waals surface area contributed by atoms with Gasteiger partial charge in [-0.25, -0.2) is 4.98 Å². The van der Waals surface area contributed by atoms with Crippen molar-refractivity contribution >= 4 is 22.7 Å². The van der Waals surface area contributed by atoms with Crippen molar-refractivity contribution in [2.24, 2.45) is 0 Å². The fourth-order valence-corrected chi connectivity index (χ4v) is 2.10. The molecule has 8 nitrogen and oxygen atoms in total. The fraction of sp³-hybridized carbons (Fsp3) is 0.0625. The van der Waals surface area contributed by atoms with Crippen LogP contribution in [0.25, 0.3) is 10.9 Å². The van der Waals surface area contributed by atoms with Gasteiger partial charge in [0, 0.05) is 6.20 Å². The standard InChI is InChI=1S/C16H13N5O3/c22-14(19-20-15(23)13-7-3-4-8-17-13)9-21-10-18-12-6-2-1-5-11(12)16(21)24/h1-8,10H,9H2,(H,19,22)(H,20,23). The summed E-state index contributed by atoms with van der Waals surface area (Å²) in [4.78, 5) is 43.9. The van der Waals surface area contributed by atoms with Gasteiger partial charge in [-0.05, 0) is 24.3 Å². The summed E-state index contributed by atoms with van der Waals surface area (Å²) in [6.07, 6.45) is 2.77. The highest BCUT2D eigenvalue weighted by molar-refractivity contribution is 5.93. The van der Waals surface area contributed by atoms with Gasteiger partial charge in [0.15, 0.2) is 0 Å². The maximum Gasteiger partial charge on any atom is 0.288 e. The van der Waals surface area contributed by atoms with Crippen LogP contribution >= 0.6 is 0 Å². The Hall–Kier alpha value is -3.55. The lowest BCUT2D eigenvalue weighted by Gasteiger charge is -2.08. The number of hydrazine groups is 1. The third-order valence-corrected chi connectivity index (χ3v) is 3.26. The van der Waals surface area contributed by atoms with Crippen LogP contribution in [0.15, 0.2) is 59.8 Å². The monoisotopic (exact) mass is 323 g/mol. The van der Waals surface area contributed by atoms with Crippen molar-refractivity contribution in [2.75, 3.05) is 0 Å². The van der Waals surface area contributed by atoms with Crippen LogP contribution in [0, 0.1) is 0 Å². The molecule has 0 fully saturated rings. The minimum atomic E-state index is -0.557. The van der Waals surface area contributed by atoms with Crippen molar-refractivity contribution < 1.29 is 9.59 Å². The number of amides is 2. The number of carbonyl (C=O) groups is 2. The first-order valence-corrected chi connectivity index (χ1v) is 7.09. The number of pyridine rings is 1.